The van der Waals surface area contributed by atoms with E-state index >= 15 is 0 Å². The summed E-state index contributed by atoms with van der Waals surface area (Å²) in [7, 11) is 12.1. The Morgan fingerprint density at radius 1 is 0.440 bits per heavy atom. The predicted octanol–water partition coefficient (Wildman–Crippen LogP) is 7.44. The van der Waals surface area contributed by atoms with Gasteiger partial charge < -0.3 is 74.4 Å². The van der Waals surface area contributed by atoms with E-state index in [1.165, 1.54) is 28.4 Å². The standard InChI is InChI=1S/C64H68N8O12/c1-33(77-5)61(73)69-37-17-13-18-38(70-62(74)34(2)78-6)53(37)55-41-25-29-45(65-41)57(59-49(81-9)21-15-22-50(59)82-10)47-31-27-43(67-47)56(54-39(71-63(75)35(3)79-7)19-14-20-40(54)72-64(76)36(4)80-8)44-28-32-48(68-44)58(46-30-26-42(55)66-46)60-51(83-11)23-16-24-52(60)84-12/h13-36,45,65-67H,1-12H3,(H,69,73)(H,70,74)(H,71,75)(H,72,76)/t33-,34-,35-,36-,45?/m1/s1. The van der Waals surface area contributed by atoms with Crippen molar-refractivity contribution in [3.05, 3.63) is 177 Å². The number of ether oxygens (including phenoxy) is 8. The van der Waals surface area contributed by atoms with Crippen LogP contribution in [-0.4, -0.2) is 127 Å². The van der Waals surface area contributed by atoms with Crippen LogP contribution >= 0.6 is 0 Å². The quantitative estimate of drug-likeness (QED) is 0.0393. The third kappa shape index (κ3) is 11.6. The number of rotatable bonds is 20. The maximum atomic E-state index is 14.0. The number of allylic oxidation sites excluding steroid dienone is 3. The zero-order valence-corrected chi connectivity index (χ0v) is 48.8. The van der Waals surface area contributed by atoms with Crippen LogP contribution in [0.15, 0.2) is 138 Å². The third-order valence-electron chi connectivity index (χ3n) is 14.9. The molecule has 20 nitrogen and oxygen atoms in total. The highest BCUT2D eigenvalue weighted by Crippen LogP contribution is 2.46. The molecule has 2 aromatic heterocycles. The fourth-order valence-corrected chi connectivity index (χ4v) is 10.1. The molecule has 20 heteroatoms. The molecule has 436 valence electrons. The Balaban J connectivity index is 1.47. The van der Waals surface area contributed by atoms with Crippen LogP contribution in [0.4, 0.5) is 22.7 Å². The monoisotopic (exact) mass is 1140 g/mol. The summed E-state index contributed by atoms with van der Waals surface area (Å²) in [4.78, 5) is 68.9. The molecule has 8 bridgehead atoms. The van der Waals surface area contributed by atoms with E-state index in [2.05, 4.69) is 36.6 Å². The molecule has 3 aliphatic heterocycles. The lowest BCUT2D eigenvalue weighted by molar-refractivity contribution is -0.125. The summed E-state index contributed by atoms with van der Waals surface area (Å²) in [6.45, 7) is 6.55. The van der Waals surface area contributed by atoms with Crippen LogP contribution in [0.25, 0.3) is 22.3 Å². The number of nitrogens with zero attached hydrogens (tertiary/aromatic N) is 1. The van der Waals surface area contributed by atoms with Gasteiger partial charge in [0.05, 0.1) is 79.8 Å². The van der Waals surface area contributed by atoms with E-state index in [-0.39, 0.29) is 0 Å². The molecular formula is C64H68N8O12. The molecule has 0 saturated carbocycles. The lowest BCUT2D eigenvalue weighted by Gasteiger charge is -2.24. The predicted molar refractivity (Wildman–Crippen MR) is 323 cm³/mol. The molecule has 4 aromatic carbocycles. The van der Waals surface area contributed by atoms with Crippen LogP contribution in [0.2, 0.25) is 0 Å². The maximum Gasteiger partial charge on any atom is 0.253 e. The van der Waals surface area contributed by atoms with E-state index in [4.69, 9.17) is 42.9 Å². The number of hydrogen-bond donors (Lipinski definition) is 7. The molecule has 0 fully saturated rings. The number of carbonyl (C=O) groups excluding carboxylic acids is 4. The van der Waals surface area contributed by atoms with Gasteiger partial charge in [0.15, 0.2) is 0 Å². The van der Waals surface area contributed by atoms with Crippen LogP contribution in [0.3, 0.4) is 0 Å². The minimum Gasteiger partial charge on any atom is -0.496 e. The number of aromatic amines is 2. The number of anilines is 4. The van der Waals surface area contributed by atoms with E-state index in [1.807, 2.05) is 85.0 Å². The normalized spacial score (nSPS) is 15.9. The number of methoxy groups -OCH3 is 8. The Hall–Kier alpha value is -9.47. The second kappa shape index (κ2) is 25.8. The van der Waals surface area contributed by atoms with Crippen molar-refractivity contribution in [2.75, 3.05) is 78.1 Å². The lowest BCUT2D eigenvalue weighted by atomic mass is 9.95. The molecule has 3 aliphatic rings. The Morgan fingerprint density at radius 3 is 1.29 bits per heavy atom. The van der Waals surface area contributed by atoms with Crippen molar-refractivity contribution in [2.45, 2.75) is 58.2 Å². The first kappa shape index (κ1) is 59.2. The van der Waals surface area contributed by atoms with Crippen molar-refractivity contribution in [2.24, 2.45) is 4.99 Å². The molecule has 9 rings (SSSR count). The SMILES string of the molecule is COc1cccc(OC)c1C1=C2C=CC(=N2)C(c2c(NC(=O)[C@@H](C)OC)cccc2NC(=O)[C@@H](C)OC)=c2ccc([nH]2)=C(c2c(OC)cccc2OC)C2C=CC(=C(c3c(NC(=O)[C@@H](C)OC)cccc3NC(=O)[C@@H](C)OC)c3ccc1[nH]3)N2. The molecular weight excluding hydrogens is 1070 g/mol. The summed E-state index contributed by atoms with van der Waals surface area (Å²) >= 11 is 0. The molecule has 84 heavy (non-hydrogen) atoms. The number of benzene rings is 4. The summed E-state index contributed by atoms with van der Waals surface area (Å²) < 4.78 is 46.4. The van der Waals surface area contributed by atoms with Gasteiger partial charge in [-0.1, -0.05) is 30.3 Å². The van der Waals surface area contributed by atoms with Crippen LogP contribution in [0.1, 0.15) is 61.3 Å². The van der Waals surface area contributed by atoms with Gasteiger partial charge in [-0.2, -0.15) is 0 Å². The summed E-state index contributed by atoms with van der Waals surface area (Å²) in [5, 5.41) is 17.3. The average Bonchev–Trinajstić information content (AvgIpc) is 2.34. The molecule has 6 aromatic rings. The zero-order valence-electron chi connectivity index (χ0n) is 48.8. The molecule has 5 atom stereocenters. The van der Waals surface area contributed by atoms with Crippen molar-refractivity contribution in [1.82, 2.24) is 15.3 Å². The van der Waals surface area contributed by atoms with Crippen molar-refractivity contribution in [1.29, 1.82) is 0 Å². The number of H-pyrrole nitrogens is 2. The summed E-state index contributed by atoms with van der Waals surface area (Å²) in [6, 6.07) is 28.4. The van der Waals surface area contributed by atoms with Gasteiger partial charge in [0.2, 0.25) is 0 Å². The average molecular weight is 1140 g/mol. The highest BCUT2D eigenvalue weighted by atomic mass is 16.5. The Kier molecular flexibility index (Phi) is 18.1. The lowest BCUT2D eigenvalue weighted by Crippen LogP contribution is -2.31. The summed E-state index contributed by atoms with van der Waals surface area (Å²) in [5.74, 6) is 0.154. The first-order chi connectivity index (χ1) is 40.6. The maximum absolute atomic E-state index is 14.0. The van der Waals surface area contributed by atoms with E-state index < -0.39 is 54.1 Å². The van der Waals surface area contributed by atoms with Gasteiger partial charge >= 0.3 is 0 Å². The van der Waals surface area contributed by atoms with E-state index in [0.29, 0.717) is 129 Å². The second-order valence-corrected chi connectivity index (χ2v) is 19.7. The molecule has 0 spiro atoms. The van der Waals surface area contributed by atoms with Gasteiger partial charge in [0, 0.05) is 89.6 Å². The van der Waals surface area contributed by atoms with Crippen molar-refractivity contribution < 1.29 is 57.1 Å². The van der Waals surface area contributed by atoms with Gasteiger partial charge in [-0.25, -0.2) is 4.99 Å². The van der Waals surface area contributed by atoms with E-state index in [9.17, 15) is 19.2 Å². The number of aliphatic imine (C=N–C) groups is 1. The molecule has 0 aliphatic carbocycles. The van der Waals surface area contributed by atoms with Gasteiger partial charge in [-0.05, 0) is 119 Å². The van der Waals surface area contributed by atoms with Crippen LogP contribution < -0.4 is 56.2 Å². The molecule has 5 heterocycles. The molecule has 1 unspecified atom stereocenters. The van der Waals surface area contributed by atoms with E-state index in [0.717, 1.165) is 0 Å². The minimum absolute atomic E-state index is 0.333. The largest absolute Gasteiger partial charge is 0.496 e. The van der Waals surface area contributed by atoms with Crippen LogP contribution in [-0.2, 0) is 38.1 Å². The number of nitrogens with one attached hydrogen (secondary N) is 7. The number of amides is 4. The third-order valence-corrected chi connectivity index (χ3v) is 14.9. The number of aromatic nitrogens is 2. The van der Waals surface area contributed by atoms with Gasteiger partial charge in [0.25, 0.3) is 23.6 Å². The van der Waals surface area contributed by atoms with Crippen molar-refractivity contribution in [3.8, 4) is 23.0 Å². The van der Waals surface area contributed by atoms with Gasteiger partial charge in [0.1, 0.15) is 47.4 Å². The highest BCUT2D eigenvalue weighted by Gasteiger charge is 2.33. The van der Waals surface area contributed by atoms with Crippen LogP contribution in [0.5, 0.6) is 23.0 Å². The van der Waals surface area contributed by atoms with Crippen molar-refractivity contribution in [3.63, 3.8) is 0 Å². The smallest absolute Gasteiger partial charge is 0.253 e. The second-order valence-electron chi connectivity index (χ2n) is 19.7. The number of hydrogen-bond acceptors (Lipinski definition) is 14. The highest BCUT2D eigenvalue weighted by molar-refractivity contribution is 6.33. The zero-order chi connectivity index (χ0) is 59.9. The van der Waals surface area contributed by atoms with E-state index in [1.54, 1.807) is 92.5 Å². The molecule has 7 N–H and O–H groups in total. The molecule has 0 saturated heterocycles. The fourth-order valence-electron chi connectivity index (χ4n) is 10.1. The van der Waals surface area contributed by atoms with Gasteiger partial charge in [-0.15, -0.1) is 0 Å². The number of carbonyl (C=O) groups is 4. The van der Waals surface area contributed by atoms with Crippen molar-refractivity contribution >= 4 is 74.4 Å². The summed E-state index contributed by atoms with van der Waals surface area (Å²) in [5.41, 5.74) is 8.10. The van der Waals surface area contributed by atoms with Gasteiger partial charge in [-0.3, -0.25) is 19.2 Å². The number of fused-ring (bicyclic) bond motifs is 7. The first-order valence-electron chi connectivity index (χ1n) is 27.0. The topological polar surface area (TPSA) is 246 Å². The molecule has 0 radical (unpaired) electrons. The van der Waals surface area contributed by atoms with Crippen LogP contribution in [0, 0.1) is 0 Å². The Bertz CT molecular complexity index is 3720. The Morgan fingerprint density at radius 2 is 0.845 bits per heavy atom. The fraction of sp³-hybridized carbons (Fsp3) is 0.266. The Labute approximate surface area is 486 Å². The summed E-state index contributed by atoms with van der Waals surface area (Å²) in [6.07, 6.45) is 4.24. The minimum atomic E-state index is -0.859. The first-order valence-corrected chi connectivity index (χ1v) is 27.0. The molecule has 4 amide bonds.